The molecule has 0 aromatic rings. The van der Waals surface area contributed by atoms with Gasteiger partial charge in [0, 0.05) is 18.3 Å². The van der Waals surface area contributed by atoms with Gasteiger partial charge >= 0.3 is 11.9 Å². The summed E-state index contributed by atoms with van der Waals surface area (Å²) < 4.78 is 5.11. The molecule has 4 aliphatic carbocycles. The normalized spacial score (nSPS) is 41.5. The van der Waals surface area contributed by atoms with E-state index in [2.05, 4.69) is 0 Å². The quantitative estimate of drug-likeness (QED) is 0.658. The summed E-state index contributed by atoms with van der Waals surface area (Å²) >= 11 is 0. The van der Waals surface area contributed by atoms with E-state index in [0.29, 0.717) is 32.1 Å². The van der Waals surface area contributed by atoms with Gasteiger partial charge in [-0.1, -0.05) is 18.1 Å². The highest BCUT2D eigenvalue weighted by atomic mass is 16.5. The van der Waals surface area contributed by atoms with Gasteiger partial charge in [-0.2, -0.15) is 0 Å². The van der Waals surface area contributed by atoms with Gasteiger partial charge in [0.1, 0.15) is 0 Å². The summed E-state index contributed by atoms with van der Waals surface area (Å²) in [5.41, 5.74) is -1.33. The fraction of sp³-hybridized carbons (Fsp3) is 0.667. The molecular formula is C24H30O7. The summed E-state index contributed by atoms with van der Waals surface area (Å²) in [6, 6.07) is 0. The third kappa shape index (κ3) is 2.96. The number of carboxylic acids is 1. The highest BCUT2D eigenvalue weighted by Crippen LogP contribution is 2.66. The second-order valence-corrected chi connectivity index (χ2v) is 10.1. The zero-order valence-corrected chi connectivity index (χ0v) is 18.3. The SMILES string of the molecule is COC(=O)[C@@H]1CC2=CC(=O)CC[C@]2(C)C2=CC(=O)[C@@]3(C)[C@@H](CC[C@@]3(O)CCC(=O)O)[C@@H]21. The van der Waals surface area contributed by atoms with Crippen LogP contribution in [-0.2, 0) is 23.9 Å². The minimum Gasteiger partial charge on any atom is -0.481 e. The summed E-state index contributed by atoms with van der Waals surface area (Å²) in [5.74, 6) is -2.69. The van der Waals surface area contributed by atoms with Crippen molar-refractivity contribution >= 4 is 23.5 Å². The molecule has 0 aliphatic heterocycles. The molecule has 0 saturated heterocycles. The lowest BCUT2D eigenvalue weighted by atomic mass is 9.47. The van der Waals surface area contributed by atoms with E-state index < -0.39 is 28.3 Å². The lowest BCUT2D eigenvalue weighted by molar-refractivity contribution is -0.158. The van der Waals surface area contributed by atoms with Crippen LogP contribution in [0.5, 0.6) is 0 Å². The molecule has 4 aliphatic rings. The van der Waals surface area contributed by atoms with Crippen LogP contribution < -0.4 is 0 Å². The maximum Gasteiger partial charge on any atom is 0.309 e. The first-order valence-corrected chi connectivity index (χ1v) is 11.0. The average Bonchev–Trinajstić information content (AvgIpc) is 2.99. The Bertz CT molecular complexity index is 930. The molecule has 31 heavy (non-hydrogen) atoms. The van der Waals surface area contributed by atoms with Crippen LogP contribution in [0.1, 0.15) is 58.8 Å². The Balaban J connectivity index is 1.85. The number of ketones is 2. The number of aliphatic carboxylic acids is 1. The second-order valence-electron chi connectivity index (χ2n) is 10.1. The number of hydrogen-bond acceptors (Lipinski definition) is 6. The molecule has 0 radical (unpaired) electrons. The third-order valence-electron chi connectivity index (χ3n) is 8.85. The first kappa shape index (κ1) is 21.9. The van der Waals surface area contributed by atoms with Gasteiger partial charge in [0.15, 0.2) is 11.6 Å². The van der Waals surface area contributed by atoms with Crippen LogP contribution in [0.15, 0.2) is 23.3 Å². The predicted octanol–water partition coefficient (Wildman–Crippen LogP) is 2.61. The number of hydrogen-bond donors (Lipinski definition) is 2. The standard InChI is InChI=1S/C24H30O7/c1-22-7-4-14(25)10-13(22)11-15(21(29)31-3)20-16-5-8-24(30,9-6-19(27)28)23(16,2)18(26)12-17(20)22/h10,12,15-16,20,30H,4-9,11H2,1-3H3,(H,27,28)/t15-,16+,20+,22+,23-,24-/m1/s1. The zero-order chi connectivity index (χ0) is 22.8. The number of ether oxygens (including phenoxy) is 1. The lowest BCUT2D eigenvalue weighted by Gasteiger charge is -2.55. The van der Waals surface area contributed by atoms with E-state index in [9.17, 15) is 24.3 Å². The fourth-order valence-corrected chi connectivity index (χ4v) is 6.88. The number of carboxylic acid groups (broad SMARTS) is 1. The molecule has 0 bridgehead atoms. The topological polar surface area (TPSA) is 118 Å². The monoisotopic (exact) mass is 430 g/mol. The minimum atomic E-state index is -1.44. The summed E-state index contributed by atoms with van der Waals surface area (Å²) in [7, 11) is 1.34. The molecule has 0 spiro atoms. The number of carbonyl (C=O) groups excluding carboxylic acids is 3. The molecule has 2 N–H and O–H groups in total. The van der Waals surface area contributed by atoms with Crippen LogP contribution in [0, 0.1) is 28.6 Å². The Kier molecular flexibility index (Phi) is 5.04. The Morgan fingerprint density at radius 2 is 1.90 bits per heavy atom. The van der Waals surface area contributed by atoms with Crippen LogP contribution in [0.25, 0.3) is 0 Å². The van der Waals surface area contributed by atoms with E-state index in [1.165, 1.54) is 7.11 Å². The van der Waals surface area contributed by atoms with Crippen LogP contribution in [0.4, 0.5) is 0 Å². The fourth-order valence-electron chi connectivity index (χ4n) is 6.88. The van der Waals surface area contributed by atoms with E-state index in [4.69, 9.17) is 9.84 Å². The summed E-state index contributed by atoms with van der Waals surface area (Å²) in [4.78, 5) is 49.7. The Morgan fingerprint density at radius 1 is 1.19 bits per heavy atom. The van der Waals surface area contributed by atoms with E-state index in [1.807, 2.05) is 6.92 Å². The van der Waals surface area contributed by atoms with Gasteiger partial charge in [0.25, 0.3) is 0 Å². The number of fused-ring (bicyclic) bond motifs is 5. The molecule has 0 aromatic carbocycles. The highest BCUT2D eigenvalue weighted by molar-refractivity contribution is 5.99. The molecule has 0 unspecified atom stereocenters. The number of aliphatic hydroxyl groups is 1. The van der Waals surface area contributed by atoms with Crippen molar-refractivity contribution in [3.63, 3.8) is 0 Å². The van der Waals surface area contributed by atoms with Crippen molar-refractivity contribution in [2.45, 2.75) is 64.4 Å². The van der Waals surface area contributed by atoms with Crippen molar-refractivity contribution in [2.75, 3.05) is 7.11 Å². The van der Waals surface area contributed by atoms with E-state index >= 15 is 0 Å². The molecule has 0 amide bonds. The van der Waals surface area contributed by atoms with Gasteiger partial charge in [-0.3, -0.25) is 19.2 Å². The van der Waals surface area contributed by atoms with Crippen LogP contribution in [-0.4, -0.2) is 46.4 Å². The van der Waals surface area contributed by atoms with Gasteiger partial charge in [0.05, 0.1) is 24.0 Å². The third-order valence-corrected chi connectivity index (χ3v) is 8.85. The lowest BCUT2D eigenvalue weighted by Crippen LogP contribution is -2.57. The molecule has 0 heterocycles. The van der Waals surface area contributed by atoms with Crippen molar-refractivity contribution in [3.8, 4) is 0 Å². The number of methoxy groups -OCH3 is 1. The molecule has 4 rings (SSSR count). The van der Waals surface area contributed by atoms with E-state index in [1.54, 1.807) is 19.1 Å². The zero-order valence-electron chi connectivity index (χ0n) is 18.3. The second kappa shape index (κ2) is 7.12. The number of allylic oxidation sites excluding steroid dienone is 4. The van der Waals surface area contributed by atoms with Crippen LogP contribution in [0.3, 0.4) is 0 Å². The van der Waals surface area contributed by atoms with Crippen LogP contribution >= 0.6 is 0 Å². The smallest absolute Gasteiger partial charge is 0.309 e. The molecule has 7 nitrogen and oxygen atoms in total. The van der Waals surface area contributed by atoms with Gasteiger partial charge in [-0.15, -0.1) is 0 Å². The Morgan fingerprint density at radius 3 is 2.55 bits per heavy atom. The maximum absolute atomic E-state index is 13.6. The first-order valence-electron chi connectivity index (χ1n) is 11.0. The van der Waals surface area contributed by atoms with Gasteiger partial charge in [0.2, 0.25) is 0 Å². The van der Waals surface area contributed by atoms with Gasteiger partial charge in [-0.05, 0) is 63.0 Å². The summed E-state index contributed by atoms with van der Waals surface area (Å²) in [6.45, 7) is 3.77. The number of carbonyl (C=O) groups is 4. The van der Waals surface area contributed by atoms with Crippen molar-refractivity contribution in [2.24, 2.45) is 28.6 Å². The first-order chi connectivity index (χ1) is 14.5. The summed E-state index contributed by atoms with van der Waals surface area (Å²) in [5, 5.41) is 20.6. The largest absolute Gasteiger partial charge is 0.481 e. The van der Waals surface area contributed by atoms with Gasteiger partial charge in [-0.25, -0.2) is 0 Å². The molecule has 0 aromatic heterocycles. The number of esters is 1. The molecule has 168 valence electrons. The van der Waals surface area contributed by atoms with Crippen molar-refractivity contribution in [1.82, 2.24) is 0 Å². The van der Waals surface area contributed by atoms with E-state index in [0.717, 1.165) is 11.1 Å². The summed E-state index contributed by atoms with van der Waals surface area (Å²) in [6.07, 6.45) is 5.23. The van der Waals surface area contributed by atoms with Crippen molar-refractivity contribution in [3.05, 3.63) is 23.3 Å². The highest BCUT2D eigenvalue weighted by Gasteiger charge is 2.67. The predicted molar refractivity (Wildman–Crippen MR) is 110 cm³/mol. The van der Waals surface area contributed by atoms with Crippen LogP contribution in [0.2, 0.25) is 0 Å². The van der Waals surface area contributed by atoms with Crippen molar-refractivity contribution < 1.29 is 34.1 Å². The molecule has 2 saturated carbocycles. The minimum absolute atomic E-state index is 0.00319. The van der Waals surface area contributed by atoms with Crippen molar-refractivity contribution in [1.29, 1.82) is 0 Å². The molecular weight excluding hydrogens is 400 g/mol. The van der Waals surface area contributed by atoms with E-state index in [-0.39, 0.29) is 42.2 Å². The average molecular weight is 430 g/mol. The maximum atomic E-state index is 13.6. The molecule has 7 heteroatoms. The van der Waals surface area contributed by atoms with Gasteiger partial charge < -0.3 is 14.9 Å². The Labute approximate surface area is 181 Å². The Hall–Kier alpha value is -2.28. The molecule has 6 atom stereocenters. The number of rotatable bonds is 4. The molecule has 2 fully saturated rings.